The minimum atomic E-state index is -0.883. The predicted octanol–water partition coefficient (Wildman–Crippen LogP) is 2.75. The molecule has 3 nitrogen and oxygen atoms in total. The van der Waals surface area contributed by atoms with E-state index in [9.17, 15) is 9.90 Å². The predicted molar refractivity (Wildman–Crippen MR) is 70.0 cm³/mol. The second-order valence-electron chi connectivity index (χ2n) is 5.48. The van der Waals surface area contributed by atoms with Crippen molar-refractivity contribution in [3.8, 4) is 0 Å². The molecule has 2 rings (SSSR count). The summed E-state index contributed by atoms with van der Waals surface area (Å²) in [5, 5.41) is 10.6. The first-order valence-electron chi connectivity index (χ1n) is 6.84. The summed E-state index contributed by atoms with van der Waals surface area (Å²) in [7, 11) is 0. The van der Waals surface area contributed by atoms with E-state index in [2.05, 4.69) is 0 Å². The van der Waals surface area contributed by atoms with E-state index in [1.54, 1.807) is 0 Å². The normalized spacial score (nSPS) is 29.4. The summed E-state index contributed by atoms with van der Waals surface area (Å²) in [5.74, 6) is -0.126. The van der Waals surface area contributed by atoms with Crippen molar-refractivity contribution in [3.05, 3.63) is 24.3 Å². The number of aliphatic hydroxyl groups is 1. The lowest BCUT2D eigenvalue weighted by Gasteiger charge is -2.35. The Kier molecular flexibility index (Phi) is 3.91. The molecular weight excluding hydrogens is 228 g/mol. The summed E-state index contributed by atoms with van der Waals surface area (Å²) >= 11 is 0. The van der Waals surface area contributed by atoms with Crippen LogP contribution in [0.25, 0.3) is 0 Å². The monoisotopic (exact) mass is 250 g/mol. The van der Waals surface area contributed by atoms with Crippen LogP contribution in [0.2, 0.25) is 0 Å². The van der Waals surface area contributed by atoms with Gasteiger partial charge in [0.15, 0.2) is 0 Å². The van der Waals surface area contributed by atoms with Crippen molar-refractivity contribution >= 4 is 5.97 Å². The van der Waals surface area contributed by atoms with Crippen molar-refractivity contribution in [2.45, 2.75) is 51.0 Å². The van der Waals surface area contributed by atoms with E-state index < -0.39 is 11.0 Å². The molecule has 0 aliphatic heterocycles. The fraction of sp³-hybridized carbons (Fsp3) is 0.667. The molecule has 0 aromatic rings. The molecule has 0 heterocycles. The first-order valence-corrected chi connectivity index (χ1v) is 6.84. The van der Waals surface area contributed by atoms with E-state index in [1.165, 1.54) is 0 Å². The Hall–Kier alpha value is -1.09. The Balaban J connectivity index is 2.13. The summed E-state index contributed by atoms with van der Waals surface area (Å²) in [5.41, 5.74) is -1.36. The molecule has 0 aromatic carbocycles. The topological polar surface area (TPSA) is 46.5 Å². The average Bonchev–Trinajstić information content (AvgIpc) is 2.79. The number of ether oxygens (including phenoxy) is 1. The molecule has 0 radical (unpaired) electrons. The average molecular weight is 250 g/mol. The van der Waals surface area contributed by atoms with Crippen LogP contribution in [0.3, 0.4) is 0 Å². The minimum absolute atomic E-state index is 0.126. The highest BCUT2D eigenvalue weighted by Gasteiger charge is 2.47. The zero-order valence-corrected chi connectivity index (χ0v) is 11.0. The van der Waals surface area contributed by atoms with Gasteiger partial charge in [-0.15, -0.1) is 0 Å². The lowest BCUT2D eigenvalue weighted by atomic mass is 9.73. The maximum absolute atomic E-state index is 12.2. The SMILES string of the molecule is CCOC(=O)C1(CC2(O)C=CC=CC2)CCCC1. The van der Waals surface area contributed by atoms with Crippen molar-refractivity contribution < 1.29 is 14.6 Å². The second-order valence-corrected chi connectivity index (χ2v) is 5.48. The highest BCUT2D eigenvalue weighted by molar-refractivity contribution is 5.77. The van der Waals surface area contributed by atoms with Gasteiger partial charge in [0.25, 0.3) is 0 Å². The smallest absolute Gasteiger partial charge is 0.312 e. The van der Waals surface area contributed by atoms with E-state index in [-0.39, 0.29) is 5.97 Å². The number of carbonyl (C=O) groups excluding carboxylic acids is 1. The van der Waals surface area contributed by atoms with E-state index in [0.717, 1.165) is 25.7 Å². The third kappa shape index (κ3) is 2.66. The number of allylic oxidation sites excluding steroid dienone is 2. The van der Waals surface area contributed by atoms with Crippen molar-refractivity contribution in [2.24, 2.45) is 5.41 Å². The number of hydrogen-bond acceptors (Lipinski definition) is 3. The molecule has 0 spiro atoms. The summed E-state index contributed by atoms with van der Waals surface area (Å²) in [6.45, 7) is 2.24. The maximum atomic E-state index is 12.2. The van der Waals surface area contributed by atoms with Gasteiger partial charge in [-0.1, -0.05) is 37.1 Å². The molecule has 0 aromatic heterocycles. The zero-order chi connectivity index (χ0) is 13.1. The molecule has 2 aliphatic rings. The Morgan fingerprint density at radius 2 is 2.06 bits per heavy atom. The van der Waals surface area contributed by atoms with Gasteiger partial charge in [0.2, 0.25) is 0 Å². The van der Waals surface area contributed by atoms with Gasteiger partial charge in [-0.25, -0.2) is 0 Å². The van der Waals surface area contributed by atoms with E-state index in [1.807, 2.05) is 31.2 Å². The highest BCUT2D eigenvalue weighted by Crippen LogP contribution is 2.46. The fourth-order valence-corrected chi connectivity index (χ4v) is 3.16. The van der Waals surface area contributed by atoms with Gasteiger partial charge in [-0.2, -0.15) is 0 Å². The molecule has 1 N–H and O–H groups in total. The van der Waals surface area contributed by atoms with Crippen LogP contribution in [-0.4, -0.2) is 23.3 Å². The number of hydrogen-bond donors (Lipinski definition) is 1. The molecule has 3 heteroatoms. The van der Waals surface area contributed by atoms with E-state index in [0.29, 0.717) is 19.4 Å². The molecule has 1 fully saturated rings. The van der Waals surface area contributed by atoms with Gasteiger partial charge in [-0.05, 0) is 32.6 Å². The van der Waals surface area contributed by atoms with Gasteiger partial charge in [-0.3, -0.25) is 4.79 Å². The standard InChI is InChI=1S/C15H22O3/c1-2-18-13(16)14(8-6-7-9-14)12-15(17)10-4-3-5-11-15/h3-5,10,17H,2,6-9,11-12H2,1H3. The Bertz CT molecular complexity index is 364. The summed E-state index contributed by atoms with van der Waals surface area (Å²) < 4.78 is 5.22. The van der Waals surface area contributed by atoms with Gasteiger partial charge in [0, 0.05) is 0 Å². The van der Waals surface area contributed by atoms with Crippen LogP contribution in [0.15, 0.2) is 24.3 Å². The Labute approximate surface area is 109 Å². The van der Waals surface area contributed by atoms with Gasteiger partial charge < -0.3 is 9.84 Å². The first-order chi connectivity index (χ1) is 8.60. The quantitative estimate of drug-likeness (QED) is 0.780. The Morgan fingerprint density at radius 1 is 1.33 bits per heavy atom. The summed E-state index contributed by atoms with van der Waals surface area (Å²) in [4.78, 5) is 12.2. The third-order valence-corrected chi connectivity index (χ3v) is 4.04. The van der Waals surface area contributed by atoms with Gasteiger partial charge in [0.05, 0.1) is 17.6 Å². The summed E-state index contributed by atoms with van der Waals surface area (Å²) in [6.07, 6.45) is 12.4. The van der Waals surface area contributed by atoms with Gasteiger partial charge in [0.1, 0.15) is 0 Å². The van der Waals surface area contributed by atoms with E-state index >= 15 is 0 Å². The maximum Gasteiger partial charge on any atom is 0.312 e. The molecular formula is C15H22O3. The molecule has 0 bridgehead atoms. The summed E-state index contributed by atoms with van der Waals surface area (Å²) in [6, 6.07) is 0. The van der Waals surface area contributed by atoms with Crippen LogP contribution in [0.4, 0.5) is 0 Å². The van der Waals surface area contributed by atoms with Crippen LogP contribution in [0, 0.1) is 5.41 Å². The molecule has 18 heavy (non-hydrogen) atoms. The fourth-order valence-electron chi connectivity index (χ4n) is 3.16. The van der Waals surface area contributed by atoms with Crippen molar-refractivity contribution in [2.75, 3.05) is 6.61 Å². The lowest BCUT2D eigenvalue weighted by Crippen LogP contribution is -2.40. The number of esters is 1. The molecule has 100 valence electrons. The van der Waals surface area contributed by atoms with Crippen LogP contribution in [0.5, 0.6) is 0 Å². The molecule has 1 atom stereocenters. The third-order valence-electron chi connectivity index (χ3n) is 4.04. The van der Waals surface area contributed by atoms with Crippen LogP contribution >= 0.6 is 0 Å². The van der Waals surface area contributed by atoms with Crippen molar-refractivity contribution in [1.82, 2.24) is 0 Å². The molecule has 2 aliphatic carbocycles. The molecule has 1 unspecified atom stereocenters. The number of rotatable bonds is 4. The number of carbonyl (C=O) groups is 1. The van der Waals surface area contributed by atoms with Crippen LogP contribution in [-0.2, 0) is 9.53 Å². The van der Waals surface area contributed by atoms with Crippen molar-refractivity contribution in [3.63, 3.8) is 0 Å². The zero-order valence-electron chi connectivity index (χ0n) is 11.0. The Morgan fingerprint density at radius 3 is 2.61 bits per heavy atom. The molecule has 1 saturated carbocycles. The second kappa shape index (κ2) is 5.27. The molecule has 0 saturated heterocycles. The van der Waals surface area contributed by atoms with Crippen LogP contribution in [0.1, 0.15) is 45.4 Å². The largest absolute Gasteiger partial charge is 0.466 e. The first kappa shape index (κ1) is 13.3. The van der Waals surface area contributed by atoms with E-state index in [4.69, 9.17) is 4.74 Å². The van der Waals surface area contributed by atoms with Crippen molar-refractivity contribution in [1.29, 1.82) is 0 Å². The van der Waals surface area contributed by atoms with Gasteiger partial charge >= 0.3 is 5.97 Å². The van der Waals surface area contributed by atoms with Crippen LogP contribution < -0.4 is 0 Å². The highest BCUT2D eigenvalue weighted by atomic mass is 16.5. The minimum Gasteiger partial charge on any atom is -0.466 e. The lowest BCUT2D eigenvalue weighted by molar-refractivity contribution is -0.158. The molecule has 0 amide bonds.